The average molecular weight is 333 g/mol. The summed E-state index contributed by atoms with van der Waals surface area (Å²) in [5.41, 5.74) is 1.39. The van der Waals surface area contributed by atoms with Crippen molar-refractivity contribution < 1.29 is 13.9 Å². The first kappa shape index (κ1) is 16.9. The highest BCUT2D eigenvalue weighted by Gasteiger charge is 2.36. The Kier molecular flexibility index (Phi) is 5.16. The van der Waals surface area contributed by atoms with E-state index in [9.17, 15) is 4.39 Å². The van der Waals surface area contributed by atoms with E-state index in [1.807, 2.05) is 29.9 Å². The van der Waals surface area contributed by atoms with E-state index in [0.717, 1.165) is 31.5 Å². The van der Waals surface area contributed by atoms with Gasteiger partial charge in [0.2, 0.25) is 0 Å². The van der Waals surface area contributed by atoms with Crippen molar-refractivity contribution in [2.24, 2.45) is 7.05 Å². The smallest absolute Gasteiger partial charge is 0.170 e. The lowest BCUT2D eigenvalue weighted by atomic mass is 9.82. The molecule has 2 heterocycles. The normalized spacial score (nSPS) is 17.0. The minimum Gasteiger partial charge on any atom is -0.494 e. The van der Waals surface area contributed by atoms with Crippen LogP contribution in [0.1, 0.15) is 24.1 Å². The Hall–Kier alpha value is -1.92. The van der Waals surface area contributed by atoms with Crippen LogP contribution in [0.15, 0.2) is 30.5 Å². The molecule has 0 radical (unpaired) electrons. The van der Waals surface area contributed by atoms with E-state index in [1.54, 1.807) is 12.3 Å². The first-order valence-electron chi connectivity index (χ1n) is 8.29. The molecule has 0 atom stereocenters. The number of rotatable bonds is 6. The second-order valence-electron chi connectivity index (χ2n) is 6.14. The minimum atomic E-state index is -0.421. The molecule has 1 aromatic heterocycles. The zero-order chi connectivity index (χ0) is 17.0. The van der Waals surface area contributed by atoms with Crippen molar-refractivity contribution in [3.05, 3.63) is 47.5 Å². The van der Waals surface area contributed by atoms with Crippen molar-refractivity contribution in [2.75, 3.05) is 26.9 Å². The SMILES string of the molecule is COc1cccc(C2(NCCc3ccnn3C)CCOCC2)c1F. The molecule has 1 fully saturated rings. The fourth-order valence-electron chi connectivity index (χ4n) is 3.38. The van der Waals surface area contributed by atoms with E-state index in [4.69, 9.17) is 9.47 Å². The van der Waals surface area contributed by atoms with E-state index in [-0.39, 0.29) is 11.6 Å². The summed E-state index contributed by atoms with van der Waals surface area (Å²) in [5.74, 6) is 0.00161. The van der Waals surface area contributed by atoms with Crippen molar-refractivity contribution in [3.63, 3.8) is 0 Å². The third-order valence-electron chi connectivity index (χ3n) is 4.81. The lowest BCUT2D eigenvalue weighted by molar-refractivity contribution is 0.0352. The molecular formula is C18H24FN3O2. The monoisotopic (exact) mass is 333 g/mol. The molecule has 6 heteroatoms. The molecule has 0 spiro atoms. The number of methoxy groups -OCH3 is 1. The van der Waals surface area contributed by atoms with E-state index < -0.39 is 5.54 Å². The van der Waals surface area contributed by atoms with Crippen molar-refractivity contribution >= 4 is 0 Å². The molecular weight excluding hydrogens is 309 g/mol. The fraction of sp³-hybridized carbons (Fsp3) is 0.500. The highest BCUT2D eigenvalue weighted by molar-refractivity contribution is 5.36. The van der Waals surface area contributed by atoms with Crippen LogP contribution in [-0.2, 0) is 23.7 Å². The van der Waals surface area contributed by atoms with Crippen LogP contribution in [0.2, 0.25) is 0 Å². The lowest BCUT2D eigenvalue weighted by Crippen LogP contribution is -2.48. The summed E-state index contributed by atoms with van der Waals surface area (Å²) in [6, 6.07) is 7.35. The van der Waals surface area contributed by atoms with E-state index in [1.165, 1.54) is 7.11 Å². The maximum Gasteiger partial charge on any atom is 0.170 e. The van der Waals surface area contributed by atoms with E-state index in [0.29, 0.717) is 18.8 Å². The van der Waals surface area contributed by atoms with Crippen LogP contribution in [-0.4, -0.2) is 36.6 Å². The first-order chi connectivity index (χ1) is 11.7. The van der Waals surface area contributed by atoms with Gasteiger partial charge < -0.3 is 14.8 Å². The maximum absolute atomic E-state index is 14.8. The minimum absolute atomic E-state index is 0.282. The van der Waals surface area contributed by atoms with Gasteiger partial charge in [0.25, 0.3) is 0 Å². The maximum atomic E-state index is 14.8. The topological polar surface area (TPSA) is 48.3 Å². The molecule has 0 unspecified atom stereocenters. The summed E-state index contributed by atoms with van der Waals surface area (Å²) in [5, 5.41) is 7.78. The zero-order valence-corrected chi connectivity index (χ0v) is 14.2. The molecule has 130 valence electrons. The molecule has 1 saturated heterocycles. The van der Waals surface area contributed by atoms with Gasteiger partial charge in [-0.1, -0.05) is 12.1 Å². The van der Waals surface area contributed by atoms with Gasteiger partial charge in [-0.2, -0.15) is 5.10 Å². The first-order valence-corrected chi connectivity index (χ1v) is 8.29. The summed E-state index contributed by atoms with van der Waals surface area (Å²) < 4.78 is 27.4. The van der Waals surface area contributed by atoms with Crippen LogP contribution in [0.4, 0.5) is 4.39 Å². The van der Waals surface area contributed by atoms with Gasteiger partial charge in [0.1, 0.15) is 0 Å². The van der Waals surface area contributed by atoms with Crippen LogP contribution in [0.25, 0.3) is 0 Å². The second-order valence-corrected chi connectivity index (χ2v) is 6.14. The van der Waals surface area contributed by atoms with Crippen molar-refractivity contribution in [1.82, 2.24) is 15.1 Å². The predicted molar refractivity (Wildman–Crippen MR) is 89.6 cm³/mol. The van der Waals surface area contributed by atoms with Gasteiger partial charge in [-0.3, -0.25) is 4.68 Å². The number of halogens is 1. The van der Waals surface area contributed by atoms with Gasteiger partial charge >= 0.3 is 0 Å². The molecule has 1 aliphatic heterocycles. The number of benzene rings is 1. The Morgan fingerprint density at radius 3 is 2.79 bits per heavy atom. The fourth-order valence-corrected chi connectivity index (χ4v) is 3.38. The summed E-state index contributed by atoms with van der Waals surface area (Å²) in [4.78, 5) is 0. The Balaban J connectivity index is 1.81. The number of nitrogens with one attached hydrogen (secondary N) is 1. The average Bonchev–Trinajstić information content (AvgIpc) is 3.01. The van der Waals surface area contributed by atoms with Gasteiger partial charge in [-0.05, 0) is 25.0 Å². The number of hydrogen-bond donors (Lipinski definition) is 1. The van der Waals surface area contributed by atoms with Gasteiger partial charge in [-0.25, -0.2) is 4.39 Å². The standard InChI is InChI=1S/C18H24FN3O2/c1-22-14(7-11-21-22)6-10-20-18(8-12-24-13-9-18)15-4-3-5-16(23-2)17(15)19/h3-5,7,11,20H,6,8-10,12-13H2,1-2H3. The summed E-state index contributed by atoms with van der Waals surface area (Å²) in [6.45, 7) is 1.99. The van der Waals surface area contributed by atoms with Gasteiger partial charge in [0.15, 0.2) is 11.6 Å². The lowest BCUT2D eigenvalue weighted by Gasteiger charge is -2.39. The summed E-state index contributed by atoms with van der Waals surface area (Å²) in [7, 11) is 3.43. The molecule has 1 aliphatic rings. The molecule has 0 amide bonds. The van der Waals surface area contributed by atoms with E-state index in [2.05, 4.69) is 10.4 Å². The van der Waals surface area contributed by atoms with Crippen molar-refractivity contribution in [3.8, 4) is 5.75 Å². The van der Waals surface area contributed by atoms with Gasteiger partial charge in [0.05, 0.1) is 12.6 Å². The third kappa shape index (κ3) is 3.30. The summed E-state index contributed by atoms with van der Waals surface area (Å²) in [6.07, 6.45) is 4.11. The molecule has 0 saturated carbocycles. The quantitative estimate of drug-likeness (QED) is 0.882. The molecule has 0 bridgehead atoms. The number of aromatic nitrogens is 2. The molecule has 2 aromatic rings. The Morgan fingerprint density at radius 2 is 2.12 bits per heavy atom. The van der Waals surface area contributed by atoms with Crippen LogP contribution in [0, 0.1) is 5.82 Å². The Labute approximate surface area is 141 Å². The number of ether oxygens (including phenoxy) is 2. The highest BCUT2D eigenvalue weighted by atomic mass is 19.1. The Bertz CT molecular complexity index is 681. The van der Waals surface area contributed by atoms with Crippen molar-refractivity contribution in [2.45, 2.75) is 24.8 Å². The molecule has 1 aromatic carbocycles. The van der Waals surface area contributed by atoms with Gasteiger partial charge in [-0.15, -0.1) is 0 Å². The van der Waals surface area contributed by atoms with Crippen LogP contribution < -0.4 is 10.1 Å². The molecule has 24 heavy (non-hydrogen) atoms. The zero-order valence-electron chi connectivity index (χ0n) is 14.2. The highest BCUT2D eigenvalue weighted by Crippen LogP contribution is 2.36. The molecule has 0 aliphatic carbocycles. The molecule has 1 N–H and O–H groups in total. The largest absolute Gasteiger partial charge is 0.494 e. The number of aryl methyl sites for hydroxylation is 1. The Morgan fingerprint density at radius 1 is 1.33 bits per heavy atom. The molecule has 3 rings (SSSR count). The van der Waals surface area contributed by atoms with Crippen LogP contribution in [0.3, 0.4) is 0 Å². The van der Waals surface area contributed by atoms with Gasteiger partial charge in [0, 0.05) is 50.7 Å². The van der Waals surface area contributed by atoms with Crippen LogP contribution >= 0.6 is 0 Å². The van der Waals surface area contributed by atoms with E-state index >= 15 is 0 Å². The number of nitrogens with zero attached hydrogens (tertiary/aromatic N) is 2. The van der Waals surface area contributed by atoms with Crippen LogP contribution in [0.5, 0.6) is 5.75 Å². The van der Waals surface area contributed by atoms with Crippen molar-refractivity contribution in [1.29, 1.82) is 0 Å². The predicted octanol–water partition coefficient (Wildman–Crippen LogP) is 2.41. The number of hydrogen-bond acceptors (Lipinski definition) is 4. The second kappa shape index (κ2) is 7.32. The third-order valence-corrected chi connectivity index (χ3v) is 4.81. The summed E-state index contributed by atoms with van der Waals surface area (Å²) >= 11 is 0. The molecule has 5 nitrogen and oxygen atoms in total.